The Labute approximate surface area is 221 Å². The zero-order chi connectivity index (χ0) is 27.9. The fourth-order valence-electron chi connectivity index (χ4n) is 4.81. The van der Waals surface area contributed by atoms with E-state index in [-0.39, 0.29) is 21.7 Å². The Morgan fingerprint density at radius 3 is 1.22 bits per heavy atom. The van der Waals surface area contributed by atoms with Crippen molar-refractivity contribution in [3.8, 4) is 11.5 Å². The van der Waals surface area contributed by atoms with E-state index in [0.29, 0.717) is 17.9 Å². The fraction of sp³-hybridized carbons (Fsp3) is 0.636. The molecule has 0 aliphatic carbocycles. The minimum Gasteiger partial charge on any atom is -0.507 e. The number of phenols is 2. The Balaban J connectivity index is 2.22. The Bertz CT molecular complexity index is 980. The summed E-state index contributed by atoms with van der Waals surface area (Å²) in [5.41, 5.74) is 5.20. The first-order valence-electron chi connectivity index (χ1n) is 13.6. The van der Waals surface area contributed by atoms with Gasteiger partial charge in [0, 0.05) is 0 Å². The van der Waals surface area contributed by atoms with Gasteiger partial charge in [0.15, 0.2) is 0 Å². The first-order valence-corrected chi connectivity index (χ1v) is 13.6. The van der Waals surface area contributed by atoms with Gasteiger partial charge in [-0.05, 0) is 86.4 Å². The number of hydrogen-bond donors (Lipinski definition) is 3. The van der Waals surface area contributed by atoms with E-state index in [1.807, 2.05) is 12.1 Å². The van der Waals surface area contributed by atoms with Gasteiger partial charge in [0.1, 0.15) is 11.5 Å². The first kappa shape index (κ1) is 30.2. The number of aryl methyl sites for hydroxylation is 1. The quantitative estimate of drug-likeness (QED) is 0.350. The summed E-state index contributed by atoms with van der Waals surface area (Å²) in [6.07, 6.45) is 2.88. The highest BCUT2D eigenvalue weighted by molar-refractivity contribution is 5.51. The van der Waals surface area contributed by atoms with Gasteiger partial charge < -0.3 is 15.3 Å². The number of hydrogen-bond acceptors (Lipinski definition) is 3. The Morgan fingerprint density at radius 1 is 0.556 bits per heavy atom. The lowest BCUT2D eigenvalue weighted by molar-refractivity contribution is 0.163. The molecule has 0 spiro atoms. The maximum atomic E-state index is 11.1. The van der Waals surface area contributed by atoms with E-state index in [1.54, 1.807) is 0 Å². The molecule has 0 aliphatic rings. The van der Waals surface area contributed by atoms with E-state index >= 15 is 0 Å². The number of unbranched alkanes of at least 4 members (excludes halogenated alkanes) is 1. The highest BCUT2D eigenvalue weighted by Crippen LogP contribution is 2.42. The van der Waals surface area contributed by atoms with Gasteiger partial charge in [-0.2, -0.15) is 0 Å². The molecule has 0 bridgehead atoms. The highest BCUT2D eigenvalue weighted by Gasteiger charge is 2.28. The molecule has 0 saturated carbocycles. The average Bonchev–Trinajstić information content (AvgIpc) is 2.68. The van der Waals surface area contributed by atoms with Gasteiger partial charge in [0.2, 0.25) is 0 Å². The molecule has 0 amide bonds. The molecule has 2 aromatic carbocycles. The van der Waals surface area contributed by atoms with Crippen LogP contribution in [0, 0.1) is 0 Å². The topological polar surface area (TPSA) is 60.7 Å². The lowest BCUT2D eigenvalue weighted by Gasteiger charge is -2.29. The molecular formula is C33H52O3. The molecule has 0 saturated heterocycles. The lowest BCUT2D eigenvalue weighted by atomic mass is 9.77. The summed E-state index contributed by atoms with van der Waals surface area (Å²) in [7, 11) is 0. The van der Waals surface area contributed by atoms with Gasteiger partial charge in [-0.3, -0.25) is 0 Å². The summed E-state index contributed by atoms with van der Waals surface area (Å²) in [5, 5.41) is 33.1. The maximum Gasteiger partial charge on any atom is 0.123 e. The van der Waals surface area contributed by atoms with Crippen LogP contribution in [-0.4, -0.2) is 15.3 Å². The van der Waals surface area contributed by atoms with Crippen molar-refractivity contribution >= 4 is 0 Å². The van der Waals surface area contributed by atoms with Crippen molar-refractivity contribution in [3.05, 3.63) is 57.6 Å². The van der Waals surface area contributed by atoms with E-state index in [2.05, 4.69) is 95.2 Å². The number of phenolic OH excluding ortho intramolecular Hbond substituents is 2. The Kier molecular flexibility index (Phi) is 8.73. The summed E-state index contributed by atoms with van der Waals surface area (Å²) in [4.78, 5) is 0. The highest BCUT2D eigenvalue weighted by atomic mass is 16.3. The van der Waals surface area contributed by atoms with Crippen molar-refractivity contribution in [2.24, 2.45) is 0 Å². The van der Waals surface area contributed by atoms with Crippen molar-refractivity contribution in [1.82, 2.24) is 0 Å². The first-order chi connectivity index (χ1) is 16.1. The molecule has 2 rings (SSSR count). The van der Waals surface area contributed by atoms with Crippen molar-refractivity contribution in [2.75, 3.05) is 0 Å². The molecule has 2 aromatic rings. The van der Waals surface area contributed by atoms with Gasteiger partial charge in [0.05, 0.1) is 6.10 Å². The largest absolute Gasteiger partial charge is 0.507 e. The summed E-state index contributed by atoms with van der Waals surface area (Å²) in [6.45, 7) is 25.4. The predicted molar refractivity (Wildman–Crippen MR) is 154 cm³/mol. The molecule has 3 nitrogen and oxygen atoms in total. The van der Waals surface area contributed by atoms with E-state index in [1.165, 1.54) is 5.56 Å². The second kappa shape index (κ2) is 10.4. The van der Waals surface area contributed by atoms with Gasteiger partial charge in [-0.25, -0.2) is 0 Å². The average molecular weight is 497 g/mol. The van der Waals surface area contributed by atoms with Crippen LogP contribution in [0.4, 0.5) is 0 Å². The SMILES string of the molecule is CC(C)(C)c1cc(CCCCC(O)c2cc(C(C)(C)C)c(O)c(C(C)(C)C)c2)cc(C(C)(C)C)c1O. The normalized spacial score (nSPS) is 14.2. The molecule has 202 valence electrons. The molecule has 0 fully saturated rings. The lowest BCUT2D eigenvalue weighted by Crippen LogP contribution is -2.18. The summed E-state index contributed by atoms with van der Waals surface area (Å²) < 4.78 is 0. The zero-order valence-corrected chi connectivity index (χ0v) is 25.1. The van der Waals surface area contributed by atoms with Crippen LogP contribution in [0.15, 0.2) is 24.3 Å². The zero-order valence-electron chi connectivity index (χ0n) is 25.1. The predicted octanol–water partition coefficient (Wildman–Crippen LogP) is 8.73. The van der Waals surface area contributed by atoms with Crippen LogP contribution in [-0.2, 0) is 28.1 Å². The van der Waals surface area contributed by atoms with Crippen LogP contribution in [0.1, 0.15) is 142 Å². The van der Waals surface area contributed by atoms with E-state index in [9.17, 15) is 15.3 Å². The Morgan fingerprint density at radius 2 is 0.889 bits per heavy atom. The number of aliphatic hydroxyl groups is 1. The number of aliphatic hydroxyl groups excluding tert-OH is 1. The van der Waals surface area contributed by atoms with Crippen LogP contribution in [0.5, 0.6) is 11.5 Å². The van der Waals surface area contributed by atoms with Crippen molar-refractivity contribution < 1.29 is 15.3 Å². The van der Waals surface area contributed by atoms with Gasteiger partial charge in [0.25, 0.3) is 0 Å². The number of aromatic hydroxyl groups is 2. The third-order valence-electron chi connectivity index (χ3n) is 7.11. The van der Waals surface area contributed by atoms with Crippen molar-refractivity contribution in [2.45, 2.75) is 137 Å². The second-order valence-corrected chi connectivity index (χ2v) is 14.8. The summed E-state index contributed by atoms with van der Waals surface area (Å²) in [5.74, 6) is 0.772. The molecule has 0 aromatic heterocycles. The van der Waals surface area contributed by atoms with Crippen LogP contribution < -0.4 is 0 Å². The molecule has 3 N–H and O–H groups in total. The second-order valence-electron chi connectivity index (χ2n) is 14.8. The van der Waals surface area contributed by atoms with Crippen LogP contribution in [0.25, 0.3) is 0 Å². The third kappa shape index (κ3) is 7.28. The van der Waals surface area contributed by atoms with Gasteiger partial charge in [-0.15, -0.1) is 0 Å². The van der Waals surface area contributed by atoms with Gasteiger partial charge >= 0.3 is 0 Å². The maximum absolute atomic E-state index is 11.1. The molecule has 0 aliphatic heterocycles. The fourth-order valence-corrected chi connectivity index (χ4v) is 4.81. The molecule has 1 unspecified atom stereocenters. The van der Waals surface area contributed by atoms with E-state index in [0.717, 1.165) is 47.1 Å². The monoisotopic (exact) mass is 496 g/mol. The van der Waals surface area contributed by atoms with Gasteiger partial charge in [-0.1, -0.05) is 102 Å². The molecular weight excluding hydrogens is 444 g/mol. The summed E-state index contributed by atoms with van der Waals surface area (Å²) >= 11 is 0. The van der Waals surface area contributed by atoms with E-state index < -0.39 is 6.10 Å². The Hall–Kier alpha value is -2.00. The third-order valence-corrected chi connectivity index (χ3v) is 7.11. The van der Waals surface area contributed by atoms with Crippen molar-refractivity contribution in [3.63, 3.8) is 0 Å². The molecule has 1 atom stereocenters. The molecule has 0 radical (unpaired) electrons. The van der Waals surface area contributed by atoms with E-state index in [4.69, 9.17) is 0 Å². The number of rotatable bonds is 6. The van der Waals surface area contributed by atoms with Crippen molar-refractivity contribution in [1.29, 1.82) is 0 Å². The summed E-state index contributed by atoms with van der Waals surface area (Å²) in [6, 6.07) is 8.29. The molecule has 0 heterocycles. The molecule has 3 heteroatoms. The minimum absolute atomic E-state index is 0.134. The van der Waals surface area contributed by atoms with Crippen LogP contribution >= 0.6 is 0 Å². The minimum atomic E-state index is -0.567. The smallest absolute Gasteiger partial charge is 0.123 e. The number of benzene rings is 2. The standard InChI is InChI=1S/C33H52O3/c1-30(2,3)23-17-21(18-24(28(23)35)31(4,5)6)15-13-14-16-27(34)22-19-25(32(7,8)9)29(36)26(20-22)33(10,11)12/h17-20,27,34-36H,13-16H2,1-12H3. The van der Waals surface area contributed by atoms with Crippen LogP contribution in [0.3, 0.4) is 0 Å². The van der Waals surface area contributed by atoms with Crippen LogP contribution in [0.2, 0.25) is 0 Å². The molecule has 36 heavy (non-hydrogen) atoms.